The predicted molar refractivity (Wildman–Crippen MR) is 126 cm³/mol. The summed E-state index contributed by atoms with van der Waals surface area (Å²) in [5.41, 5.74) is 9.52. The molecule has 4 rings (SSSR count). The number of nitrogens with one attached hydrogen (secondary N) is 3. The van der Waals surface area contributed by atoms with E-state index in [0.29, 0.717) is 45.1 Å². The number of amides is 1. The summed E-state index contributed by atoms with van der Waals surface area (Å²) in [5.74, 6) is 0.0117. The summed E-state index contributed by atoms with van der Waals surface area (Å²) >= 11 is 6.14. The van der Waals surface area contributed by atoms with Crippen molar-refractivity contribution in [1.29, 1.82) is 5.41 Å². The van der Waals surface area contributed by atoms with E-state index in [-0.39, 0.29) is 10.5 Å². The Balaban J connectivity index is 1.62. The van der Waals surface area contributed by atoms with Gasteiger partial charge in [0.05, 0.1) is 33.6 Å². The van der Waals surface area contributed by atoms with Crippen LogP contribution in [-0.4, -0.2) is 25.5 Å². The minimum absolute atomic E-state index is 0.151. The van der Waals surface area contributed by atoms with Gasteiger partial charge in [-0.25, -0.2) is 15.0 Å². The van der Waals surface area contributed by atoms with Gasteiger partial charge in [-0.05, 0) is 35.0 Å². The molecule has 3 aromatic heterocycles. The zero-order valence-corrected chi connectivity index (χ0v) is 18.9. The molecule has 5 N–H and O–H groups in total. The molecule has 8 nitrogen and oxygen atoms in total. The van der Waals surface area contributed by atoms with Crippen molar-refractivity contribution in [2.24, 2.45) is 0 Å². The van der Waals surface area contributed by atoms with Crippen LogP contribution >= 0.6 is 38.6 Å². The molecule has 1 amide bonds. The zero-order chi connectivity index (χ0) is 21.3. The molecule has 0 saturated heterocycles. The Hall–Kier alpha value is -2.89. The van der Waals surface area contributed by atoms with Crippen molar-refractivity contribution in [1.82, 2.24) is 15.0 Å². The molecule has 0 saturated carbocycles. The number of hydrogen-bond donors (Lipinski definition) is 4. The molecule has 0 unspecified atom stereocenters. The fraction of sp³-hybridized carbons (Fsp3) is 0.105. The number of fused-ring (bicyclic) bond motifs is 1. The van der Waals surface area contributed by atoms with E-state index in [4.69, 9.17) is 11.1 Å². The monoisotopic (exact) mass is 501 g/mol. The summed E-state index contributed by atoms with van der Waals surface area (Å²) < 4.78 is 0.822. The number of thiophene rings is 1. The van der Waals surface area contributed by atoms with Crippen molar-refractivity contribution in [3.8, 4) is 0 Å². The maximum atomic E-state index is 12.9. The summed E-state index contributed by atoms with van der Waals surface area (Å²) in [6.45, 7) is 2.47. The Morgan fingerprint density at radius 1 is 1.23 bits per heavy atom. The van der Waals surface area contributed by atoms with E-state index >= 15 is 0 Å². The highest BCUT2D eigenvalue weighted by atomic mass is 79.9. The van der Waals surface area contributed by atoms with Crippen molar-refractivity contribution < 1.29 is 4.79 Å². The number of nitrogen functional groups attached to an aromatic ring is 1. The summed E-state index contributed by atoms with van der Waals surface area (Å²) in [6.07, 6.45) is 1.34. The lowest BCUT2D eigenvalue weighted by molar-refractivity contribution is 0.102. The molecule has 0 aliphatic heterocycles. The Kier molecular flexibility index (Phi) is 5.75. The van der Waals surface area contributed by atoms with Crippen molar-refractivity contribution in [2.45, 2.75) is 13.5 Å². The second kappa shape index (κ2) is 8.46. The van der Waals surface area contributed by atoms with Gasteiger partial charge in [0.2, 0.25) is 0 Å². The zero-order valence-electron chi connectivity index (χ0n) is 15.7. The number of benzene rings is 1. The lowest BCUT2D eigenvalue weighted by Gasteiger charge is -2.15. The highest BCUT2D eigenvalue weighted by Gasteiger charge is 2.19. The van der Waals surface area contributed by atoms with Crippen molar-refractivity contribution in [3.63, 3.8) is 0 Å². The molecule has 4 aromatic rings. The quantitative estimate of drug-likeness (QED) is 0.285. The van der Waals surface area contributed by atoms with E-state index in [9.17, 15) is 4.79 Å². The molecule has 3 heterocycles. The number of anilines is 3. The summed E-state index contributed by atoms with van der Waals surface area (Å²) in [4.78, 5) is 25.5. The molecule has 0 aliphatic rings. The molecule has 152 valence electrons. The first-order valence-electron chi connectivity index (χ1n) is 8.75. The minimum atomic E-state index is -0.331. The van der Waals surface area contributed by atoms with Gasteiger partial charge in [0, 0.05) is 22.1 Å². The van der Waals surface area contributed by atoms with Crippen LogP contribution in [0.2, 0.25) is 0 Å². The fourth-order valence-electron chi connectivity index (χ4n) is 2.91. The smallest absolute Gasteiger partial charge is 0.258 e. The highest BCUT2D eigenvalue weighted by molar-refractivity contribution is 9.18. The van der Waals surface area contributed by atoms with E-state index in [1.807, 2.05) is 24.4 Å². The second-order valence-electron chi connectivity index (χ2n) is 6.32. The Morgan fingerprint density at radius 2 is 2.03 bits per heavy atom. The van der Waals surface area contributed by atoms with Gasteiger partial charge in [0.25, 0.3) is 5.91 Å². The van der Waals surface area contributed by atoms with Gasteiger partial charge < -0.3 is 16.4 Å². The number of nitrogens with two attached hydrogens (primary N) is 1. The van der Waals surface area contributed by atoms with Crippen LogP contribution in [0.15, 0.2) is 35.3 Å². The molecular formula is C19H16BrN7OS2. The first kappa shape index (κ1) is 20.4. The Labute approximate surface area is 188 Å². The van der Waals surface area contributed by atoms with Gasteiger partial charge in [0.1, 0.15) is 21.8 Å². The van der Waals surface area contributed by atoms with Crippen LogP contribution in [0.3, 0.4) is 0 Å². The maximum Gasteiger partial charge on any atom is 0.258 e. The number of thiazole rings is 1. The van der Waals surface area contributed by atoms with Crippen molar-refractivity contribution >= 4 is 76.5 Å². The molecule has 0 radical (unpaired) electrons. The van der Waals surface area contributed by atoms with Crippen LogP contribution in [0.1, 0.15) is 26.6 Å². The molecule has 0 spiro atoms. The average molecular weight is 502 g/mol. The predicted octanol–water partition coefficient (Wildman–Crippen LogP) is 4.62. The molecule has 1 aromatic carbocycles. The number of rotatable bonds is 6. The third-order valence-electron chi connectivity index (χ3n) is 4.25. The topological polar surface area (TPSA) is 130 Å². The normalized spacial score (nSPS) is 10.9. The third kappa shape index (κ3) is 4.04. The molecule has 0 bridgehead atoms. The third-order valence-corrected chi connectivity index (χ3v) is 6.61. The second-order valence-corrected chi connectivity index (χ2v) is 8.93. The number of halogens is 1. The highest BCUT2D eigenvalue weighted by Crippen LogP contribution is 2.31. The molecular weight excluding hydrogens is 486 g/mol. The van der Waals surface area contributed by atoms with Crippen LogP contribution in [0, 0.1) is 12.3 Å². The molecule has 0 fully saturated rings. The van der Waals surface area contributed by atoms with E-state index in [2.05, 4.69) is 41.5 Å². The average Bonchev–Trinajstić information content (AvgIpc) is 3.33. The molecule has 30 heavy (non-hydrogen) atoms. The van der Waals surface area contributed by atoms with Gasteiger partial charge in [-0.3, -0.25) is 10.2 Å². The lowest BCUT2D eigenvalue weighted by Crippen LogP contribution is -2.15. The summed E-state index contributed by atoms with van der Waals surface area (Å²) in [6, 6.07) is 5.42. The molecule has 11 heteroatoms. The SMILES string of the molecule is Cc1csc(CNc2cccc(NC(=O)c3csc4c(N)ncnc34)c2C(=N)Br)n1. The van der Waals surface area contributed by atoms with Gasteiger partial charge in [-0.15, -0.1) is 22.7 Å². The van der Waals surface area contributed by atoms with Crippen LogP contribution < -0.4 is 16.4 Å². The first-order valence-corrected chi connectivity index (χ1v) is 11.3. The van der Waals surface area contributed by atoms with Crippen LogP contribution in [0.5, 0.6) is 0 Å². The molecule has 0 aliphatic carbocycles. The van der Waals surface area contributed by atoms with Gasteiger partial charge in [-0.2, -0.15) is 0 Å². The summed E-state index contributed by atoms with van der Waals surface area (Å²) in [7, 11) is 0. The number of hydrogen-bond acceptors (Lipinski definition) is 9. The standard InChI is InChI=1S/C19H16BrN7OS2/c1-9-6-29-13(26-9)5-23-11-3-2-4-12(14(11)17(20)21)27-19(28)10-7-30-16-15(10)24-8-25-18(16)22/h2-4,6-8,21,23H,5H2,1H3,(H,27,28)(H2,22,24,25). The minimum Gasteiger partial charge on any atom is -0.382 e. The number of carbonyl (C=O) groups is 1. The number of nitrogens with zero attached hydrogens (tertiary/aromatic N) is 3. The van der Waals surface area contributed by atoms with E-state index in [1.165, 1.54) is 17.7 Å². The maximum absolute atomic E-state index is 12.9. The molecule has 0 atom stereocenters. The van der Waals surface area contributed by atoms with Gasteiger partial charge >= 0.3 is 0 Å². The Morgan fingerprint density at radius 3 is 2.77 bits per heavy atom. The van der Waals surface area contributed by atoms with Gasteiger partial charge in [0.15, 0.2) is 0 Å². The Bertz CT molecular complexity index is 1270. The van der Waals surface area contributed by atoms with Crippen molar-refractivity contribution in [2.75, 3.05) is 16.4 Å². The van der Waals surface area contributed by atoms with Crippen LogP contribution in [0.25, 0.3) is 10.2 Å². The number of aromatic nitrogens is 3. The van der Waals surface area contributed by atoms with Crippen LogP contribution in [-0.2, 0) is 6.54 Å². The van der Waals surface area contributed by atoms with Crippen molar-refractivity contribution in [3.05, 3.63) is 57.1 Å². The van der Waals surface area contributed by atoms with E-state index in [1.54, 1.807) is 22.8 Å². The first-order chi connectivity index (χ1) is 14.4. The lowest BCUT2D eigenvalue weighted by atomic mass is 10.1. The summed E-state index contributed by atoms with van der Waals surface area (Å²) in [5, 5.41) is 19.0. The fourth-order valence-corrected chi connectivity index (χ4v) is 4.96. The number of carbonyl (C=O) groups excluding carboxylic acids is 1. The largest absolute Gasteiger partial charge is 0.382 e. The van der Waals surface area contributed by atoms with E-state index < -0.39 is 0 Å². The number of aryl methyl sites for hydroxylation is 1. The van der Waals surface area contributed by atoms with E-state index in [0.717, 1.165) is 10.7 Å². The van der Waals surface area contributed by atoms with Crippen LogP contribution in [0.4, 0.5) is 17.2 Å². The van der Waals surface area contributed by atoms with Gasteiger partial charge in [-0.1, -0.05) is 6.07 Å².